The molecule has 0 spiro atoms. The molecule has 0 amide bonds. The number of carbonyl (C=O) groups excluding carboxylic acids is 1. The van der Waals surface area contributed by atoms with Crippen LogP contribution >= 0.6 is 0 Å². The first-order valence-electron chi connectivity index (χ1n) is 18.1. The van der Waals surface area contributed by atoms with Gasteiger partial charge in [0.1, 0.15) is 12.2 Å². The van der Waals surface area contributed by atoms with Crippen LogP contribution in [0, 0.1) is 0 Å². The molecule has 0 radical (unpaired) electrons. The fraction of sp³-hybridized carbons (Fsp3) is 0.917. The molecule has 0 saturated carbocycles. The van der Waals surface area contributed by atoms with E-state index in [0.717, 1.165) is 51.6 Å². The van der Waals surface area contributed by atoms with Gasteiger partial charge >= 0.3 is 5.97 Å². The second-order valence-corrected chi connectivity index (χ2v) is 13.0. The molecule has 2 aliphatic heterocycles. The maximum Gasteiger partial charge on any atom is 0.334 e. The van der Waals surface area contributed by atoms with E-state index >= 15 is 0 Å². The zero-order valence-electron chi connectivity index (χ0n) is 27.8. The number of esters is 1. The molecule has 0 unspecified atom stereocenters. The first-order valence-corrected chi connectivity index (χ1v) is 18.1. The van der Waals surface area contributed by atoms with Crippen molar-refractivity contribution in [2.75, 3.05) is 19.8 Å². The number of hydrogen-bond donors (Lipinski definition) is 2. The van der Waals surface area contributed by atoms with E-state index in [1.165, 1.54) is 89.9 Å². The fourth-order valence-corrected chi connectivity index (χ4v) is 6.08. The lowest BCUT2D eigenvalue weighted by atomic mass is 10.0. The van der Waals surface area contributed by atoms with Crippen LogP contribution in [0.5, 0.6) is 0 Å². The van der Waals surface area contributed by atoms with Crippen LogP contribution in [0.3, 0.4) is 0 Å². The van der Waals surface area contributed by atoms with Crippen molar-refractivity contribution < 1.29 is 34.0 Å². The van der Waals surface area contributed by atoms with Crippen LogP contribution in [0.1, 0.15) is 162 Å². The minimum atomic E-state index is -0.538. The molecule has 2 N–H and O–H groups in total. The molecular formula is C36H66O7. The third-order valence-electron chi connectivity index (χ3n) is 8.78. The lowest BCUT2D eigenvalue weighted by Crippen LogP contribution is -2.42. The summed E-state index contributed by atoms with van der Waals surface area (Å²) < 4.78 is 22.9. The highest BCUT2D eigenvalue weighted by Gasteiger charge is 2.30. The lowest BCUT2D eigenvalue weighted by Gasteiger charge is -2.33. The number of carbonyl (C=O) groups is 1. The SMILES string of the molecule is CCCCCCCCCCCOC[C@@H]1CC[C@H](O)[C@@H](OCCCCCCCCCCCC[C@@H](O)CC2=C[C@H](C)OC2=O)O1. The average Bonchev–Trinajstić information content (AvgIpc) is 3.31. The van der Waals surface area contributed by atoms with Crippen LogP contribution in [-0.4, -0.2) is 66.7 Å². The molecule has 1 saturated heterocycles. The van der Waals surface area contributed by atoms with Gasteiger partial charge in [-0.1, -0.05) is 116 Å². The Morgan fingerprint density at radius 2 is 1.37 bits per heavy atom. The Morgan fingerprint density at radius 3 is 1.95 bits per heavy atom. The van der Waals surface area contributed by atoms with Crippen molar-refractivity contribution in [3.63, 3.8) is 0 Å². The molecule has 252 valence electrons. The molecule has 7 nitrogen and oxygen atoms in total. The standard InChI is InChI=1S/C36H66O7/c1-3-4-5-6-7-11-14-17-20-25-40-29-33-23-24-34(38)36(43-33)41-26-21-18-15-12-9-8-10-13-16-19-22-32(37)28-31-27-30(2)42-35(31)39/h27,30,32-34,36-38H,3-26,28-29H2,1-2H3/t30-,32+,33-,34-,36-/m0/s1. The van der Waals surface area contributed by atoms with Crippen LogP contribution in [-0.2, 0) is 23.7 Å². The second kappa shape index (κ2) is 25.2. The topological polar surface area (TPSA) is 94.5 Å². The highest BCUT2D eigenvalue weighted by Crippen LogP contribution is 2.23. The monoisotopic (exact) mass is 610 g/mol. The molecule has 7 heteroatoms. The quantitative estimate of drug-likeness (QED) is 0.0679. The Kier molecular flexibility index (Phi) is 22.4. The van der Waals surface area contributed by atoms with E-state index in [2.05, 4.69) is 6.92 Å². The van der Waals surface area contributed by atoms with Gasteiger partial charge in [0.25, 0.3) is 0 Å². The predicted molar refractivity (Wildman–Crippen MR) is 173 cm³/mol. The normalized spacial score (nSPS) is 23.0. The summed E-state index contributed by atoms with van der Waals surface area (Å²) in [6, 6.07) is 0. The molecular weight excluding hydrogens is 544 g/mol. The Balaban J connectivity index is 1.33. The molecule has 2 heterocycles. The van der Waals surface area contributed by atoms with E-state index in [9.17, 15) is 15.0 Å². The van der Waals surface area contributed by atoms with Crippen molar-refractivity contribution in [3.05, 3.63) is 11.6 Å². The van der Waals surface area contributed by atoms with Crippen LogP contribution in [0.15, 0.2) is 11.6 Å². The van der Waals surface area contributed by atoms with E-state index in [4.69, 9.17) is 18.9 Å². The number of aliphatic hydroxyl groups is 2. The molecule has 0 aromatic carbocycles. The van der Waals surface area contributed by atoms with E-state index in [-0.39, 0.29) is 18.2 Å². The molecule has 0 aromatic rings. The molecule has 5 atom stereocenters. The second-order valence-electron chi connectivity index (χ2n) is 13.0. The van der Waals surface area contributed by atoms with Gasteiger partial charge in [0, 0.05) is 25.2 Å². The van der Waals surface area contributed by atoms with Gasteiger partial charge in [0.05, 0.1) is 18.8 Å². The third-order valence-corrected chi connectivity index (χ3v) is 8.78. The maximum atomic E-state index is 11.6. The van der Waals surface area contributed by atoms with Crippen molar-refractivity contribution in [1.82, 2.24) is 0 Å². The number of hydrogen-bond acceptors (Lipinski definition) is 7. The number of ether oxygens (including phenoxy) is 4. The smallest absolute Gasteiger partial charge is 0.334 e. The Morgan fingerprint density at radius 1 is 0.814 bits per heavy atom. The van der Waals surface area contributed by atoms with Crippen molar-refractivity contribution in [2.24, 2.45) is 0 Å². The lowest BCUT2D eigenvalue weighted by molar-refractivity contribution is -0.247. The minimum absolute atomic E-state index is 0.0244. The van der Waals surface area contributed by atoms with Crippen molar-refractivity contribution >= 4 is 5.97 Å². The van der Waals surface area contributed by atoms with E-state index in [1.54, 1.807) is 0 Å². The van der Waals surface area contributed by atoms with Gasteiger partial charge < -0.3 is 29.2 Å². The van der Waals surface area contributed by atoms with Crippen molar-refractivity contribution in [1.29, 1.82) is 0 Å². The summed E-state index contributed by atoms with van der Waals surface area (Å²) in [4.78, 5) is 11.6. The zero-order chi connectivity index (χ0) is 31.0. The van der Waals surface area contributed by atoms with Crippen LogP contribution in [0.25, 0.3) is 0 Å². The molecule has 43 heavy (non-hydrogen) atoms. The Bertz CT molecular complexity index is 712. The number of rotatable bonds is 28. The van der Waals surface area contributed by atoms with Gasteiger partial charge in [-0.2, -0.15) is 0 Å². The average molecular weight is 611 g/mol. The highest BCUT2D eigenvalue weighted by molar-refractivity contribution is 5.90. The largest absolute Gasteiger partial charge is 0.455 e. The maximum absolute atomic E-state index is 11.6. The summed E-state index contributed by atoms with van der Waals surface area (Å²) in [5.41, 5.74) is 0.625. The first-order chi connectivity index (χ1) is 21.0. The van der Waals surface area contributed by atoms with Crippen molar-refractivity contribution in [2.45, 2.75) is 192 Å². The molecule has 2 aliphatic rings. The van der Waals surface area contributed by atoms with Gasteiger partial charge in [-0.15, -0.1) is 0 Å². The van der Waals surface area contributed by atoms with Gasteiger partial charge in [-0.05, 0) is 45.1 Å². The fourth-order valence-electron chi connectivity index (χ4n) is 6.08. The van der Waals surface area contributed by atoms with E-state index in [1.807, 2.05) is 13.0 Å². The summed E-state index contributed by atoms with van der Waals surface area (Å²) in [6.07, 6.45) is 26.5. The molecule has 1 fully saturated rings. The summed E-state index contributed by atoms with van der Waals surface area (Å²) in [5.74, 6) is -0.273. The van der Waals surface area contributed by atoms with Crippen LogP contribution < -0.4 is 0 Å². The molecule has 2 rings (SSSR count). The summed E-state index contributed by atoms with van der Waals surface area (Å²) >= 11 is 0. The first kappa shape index (κ1) is 38.2. The van der Waals surface area contributed by atoms with Gasteiger partial charge in [0.15, 0.2) is 6.29 Å². The van der Waals surface area contributed by atoms with Gasteiger partial charge in [-0.3, -0.25) is 0 Å². The highest BCUT2D eigenvalue weighted by atomic mass is 16.7. The zero-order valence-corrected chi connectivity index (χ0v) is 27.8. The molecule has 0 aliphatic carbocycles. The minimum Gasteiger partial charge on any atom is -0.455 e. The summed E-state index contributed by atoms with van der Waals surface area (Å²) in [6.45, 7) is 6.14. The Hall–Kier alpha value is -0.990. The third kappa shape index (κ3) is 19.2. The van der Waals surface area contributed by atoms with Crippen molar-refractivity contribution in [3.8, 4) is 0 Å². The molecule has 0 bridgehead atoms. The van der Waals surface area contributed by atoms with Gasteiger partial charge in [0.2, 0.25) is 0 Å². The number of cyclic esters (lactones) is 1. The van der Waals surface area contributed by atoms with Crippen LogP contribution in [0.4, 0.5) is 0 Å². The molecule has 0 aromatic heterocycles. The number of aliphatic hydroxyl groups excluding tert-OH is 2. The number of unbranched alkanes of at least 4 members (excludes halogenated alkanes) is 17. The summed E-state index contributed by atoms with van der Waals surface area (Å²) in [7, 11) is 0. The van der Waals surface area contributed by atoms with Gasteiger partial charge in [-0.25, -0.2) is 4.79 Å². The Labute approximate surface area is 263 Å². The summed E-state index contributed by atoms with van der Waals surface area (Å²) in [5, 5.41) is 20.5. The van der Waals surface area contributed by atoms with Crippen LogP contribution in [0.2, 0.25) is 0 Å². The van der Waals surface area contributed by atoms with E-state index in [0.29, 0.717) is 31.6 Å². The van der Waals surface area contributed by atoms with E-state index < -0.39 is 18.5 Å². The predicted octanol–water partition coefficient (Wildman–Crippen LogP) is 8.33.